The molecule has 0 saturated heterocycles. The number of amides is 1. The number of hydrogen-bond donors (Lipinski definition) is 2. The van der Waals surface area contributed by atoms with E-state index in [2.05, 4.69) is 10.3 Å². The van der Waals surface area contributed by atoms with Crippen molar-refractivity contribution in [3.63, 3.8) is 0 Å². The van der Waals surface area contributed by atoms with Crippen LogP contribution in [0.5, 0.6) is 0 Å². The second-order valence-electron chi connectivity index (χ2n) is 5.81. The summed E-state index contributed by atoms with van der Waals surface area (Å²) in [5, 5.41) is 2.93. The van der Waals surface area contributed by atoms with E-state index in [0.29, 0.717) is 25.1 Å². The smallest absolute Gasteiger partial charge is 0.355 e. The van der Waals surface area contributed by atoms with Gasteiger partial charge in [0.2, 0.25) is 5.91 Å². The molecule has 0 atom stereocenters. The molecular formula is C19H24N2O3. The Balaban J connectivity index is 2.03. The molecule has 0 spiro atoms. The number of anilines is 1. The molecule has 24 heavy (non-hydrogen) atoms. The molecule has 0 unspecified atom stereocenters. The fourth-order valence-electron chi connectivity index (χ4n) is 2.74. The van der Waals surface area contributed by atoms with E-state index in [1.54, 1.807) is 6.92 Å². The maximum absolute atomic E-state index is 12.2. The van der Waals surface area contributed by atoms with Gasteiger partial charge in [0.1, 0.15) is 5.69 Å². The fourth-order valence-corrected chi connectivity index (χ4v) is 2.74. The number of hydrogen-bond acceptors (Lipinski definition) is 3. The number of carbonyl (C=O) groups is 2. The molecule has 0 aliphatic rings. The first-order valence-corrected chi connectivity index (χ1v) is 8.14. The number of aryl methyl sites for hydroxylation is 2. The number of rotatable bonds is 6. The van der Waals surface area contributed by atoms with Crippen molar-refractivity contribution in [3.05, 3.63) is 52.3 Å². The molecule has 5 nitrogen and oxygen atoms in total. The summed E-state index contributed by atoms with van der Waals surface area (Å²) in [6, 6.07) is 7.68. The predicted octanol–water partition coefficient (Wildman–Crippen LogP) is 3.69. The van der Waals surface area contributed by atoms with Crippen molar-refractivity contribution in [2.75, 3.05) is 11.9 Å². The van der Waals surface area contributed by atoms with Crippen molar-refractivity contribution < 1.29 is 14.3 Å². The molecule has 1 heterocycles. The van der Waals surface area contributed by atoms with E-state index in [-0.39, 0.29) is 11.9 Å². The minimum absolute atomic E-state index is 0.0398. The summed E-state index contributed by atoms with van der Waals surface area (Å²) in [5.74, 6) is -0.393. The highest BCUT2D eigenvalue weighted by molar-refractivity contribution is 5.92. The Morgan fingerprint density at radius 3 is 2.54 bits per heavy atom. The van der Waals surface area contributed by atoms with Crippen LogP contribution in [-0.4, -0.2) is 23.5 Å². The van der Waals surface area contributed by atoms with Gasteiger partial charge in [0, 0.05) is 17.8 Å². The Hall–Kier alpha value is -2.56. The van der Waals surface area contributed by atoms with Crippen LogP contribution in [0.25, 0.3) is 0 Å². The van der Waals surface area contributed by atoms with E-state index in [9.17, 15) is 9.59 Å². The molecular weight excluding hydrogens is 304 g/mol. The van der Waals surface area contributed by atoms with Gasteiger partial charge in [0.15, 0.2) is 0 Å². The maximum atomic E-state index is 12.2. The standard InChI is InChI=1S/C19H24N2O3/c1-5-24-19(23)18-13(3)15(14(4)20-18)10-11-17(22)21-16-9-7-6-8-12(16)2/h6-9,20H,5,10-11H2,1-4H3,(H,21,22). The second kappa shape index (κ2) is 7.81. The Kier molecular flexibility index (Phi) is 5.79. The third-order valence-corrected chi connectivity index (χ3v) is 4.09. The second-order valence-corrected chi connectivity index (χ2v) is 5.81. The van der Waals surface area contributed by atoms with Crippen LogP contribution >= 0.6 is 0 Å². The average Bonchev–Trinajstić information content (AvgIpc) is 2.82. The molecule has 5 heteroatoms. The zero-order valence-electron chi connectivity index (χ0n) is 14.7. The summed E-state index contributed by atoms with van der Waals surface area (Å²) in [6.07, 6.45) is 0.932. The summed E-state index contributed by atoms with van der Waals surface area (Å²) in [4.78, 5) is 27.2. The lowest BCUT2D eigenvalue weighted by Crippen LogP contribution is -2.13. The number of esters is 1. The summed E-state index contributed by atoms with van der Waals surface area (Å²) >= 11 is 0. The van der Waals surface area contributed by atoms with Gasteiger partial charge in [0.05, 0.1) is 6.61 Å². The van der Waals surface area contributed by atoms with Gasteiger partial charge >= 0.3 is 5.97 Å². The molecule has 0 fully saturated rings. The van der Waals surface area contributed by atoms with Crippen LogP contribution in [0.4, 0.5) is 5.69 Å². The van der Waals surface area contributed by atoms with E-state index in [1.807, 2.05) is 45.0 Å². The Morgan fingerprint density at radius 1 is 1.17 bits per heavy atom. The SMILES string of the molecule is CCOC(=O)c1[nH]c(C)c(CCC(=O)Nc2ccccc2C)c1C. The first-order chi connectivity index (χ1) is 11.4. The van der Waals surface area contributed by atoms with Gasteiger partial charge in [-0.05, 0) is 56.9 Å². The number of para-hydroxylation sites is 1. The number of carbonyl (C=O) groups excluding carboxylic acids is 2. The van der Waals surface area contributed by atoms with Crippen LogP contribution in [0.1, 0.15) is 46.2 Å². The van der Waals surface area contributed by atoms with Gasteiger partial charge in [-0.2, -0.15) is 0 Å². The van der Waals surface area contributed by atoms with Crippen molar-refractivity contribution >= 4 is 17.6 Å². The summed E-state index contributed by atoms with van der Waals surface area (Å²) < 4.78 is 5.05. The normalized spacial score (nSPS) is 10.5. The quantitative estimate of drug-likeness (QED) is 0.795. The monoisotopic (exact) mass is 328 g/mol. The lowest BCUT2D eigenvalue weighted by atomic mass is 10.0. The van der Waals surface area contributed by atoms with E-state index in [1.165, 1.54) is 0 Å². The summed E-state index contributed by atoms with van der Waals surface area (Å²) in [6.45, 7) is 7.86. The summed E-state index contributed by atoms with van der Waals surface area (Å²) in [7, 11) is 0. The van der Waals surface area contributed by atoms with Gasteiger partial charge in [-0.25, -0.2) is 4.79 Å². The minimum atomic E-state index is -0.353. The van der Waals surface area contributed by atoms with Crippen molar-refractivity contribution in [3.8, 4) is 0 Å². The highest BCUT2D eigenvalue weighted by Crippen LogP contribution is 2.21. The molecule has 1 aromatic carbocycles. The molecule has 2 rings (SSSR count). The van der Waals surface area contributed by atoms with Gasteiger partial charge in [-0.3, -0.25) is 4.79 Å². The van der Waals surface area contributed by atoms with Crippen molar-refractivity contribution in [2.24, 2.45) is 0 Å². The Bertz CT molecular complexity index is 747. The van der Waals surface area contributed by atoms with Crippen molar-refractivity contribution in [1.82, 2.24) is 4.98 Å². The molecule has 0 aliphatic carbocycles. The topological polar surface area (TPSA) is 71.2 Å². The number of nitrogens with one attached hydrogen (secondary N) is 2. The largest absolute Gasteiger partial charge is 0.461 e. The van der Waals surface area contributed by atoms with Gasteiger partial charge in [-0.15, -0.1) is 0 Å². The first kappa shape index (κ1) is 17.8. The minimum Gasteiger partial charge on any atom is -0.461 e. The Morgan fingerprint density at radius 2 is 1.88 bits per heavy atom. The van der Waals surface area contributed by atoms with E-state index in [4.69, 9.17) is 4.74 Å². The Labute approximate surface area is 142 Å². The highest BCUT2D eigenvalue weighted by atomic mass is 16.5. The van der Waals surface area contributed by atoms with Gasteiger partial charge < -0.3 is 15.0 Å². The van der Waals surface area contributed by atoms with Gasteiger partial charge in [-0.1, -0.05) is 18.2 Å². The highest BCUT2D eigenvalue weighted by Gasteiger charge is 2.18. The van der Waals surface area contributed by atoms with Crippen LogP contribution in [0, 0.1) is 20.8 Å². The van der Waals surface area contributed by atoms with E-state index >= 15 is 0 Å². The van der Waals surface area contributed by atoms with Gasteiger partial charge in [0.25, 0.3) is 0 Å². The fraction of sp³-hybridized carbons (Fsp3) is 0.368. The van der Waals surface area contributed by atoms with Crippen LogP contribution in [-0.2, 0) is 16.0 Å². The van der Waals surface area contributed by atoms with Crippen molar-refractivity contribution in [2.45, 2.75) is 40.5 Å². The van der Waals surface area contributed by atoms with Crippen LogP contribution in [0.2, 0.25) is 0 Å². The van der Waals surface area contributed by atoms with E-state index < -0.39 is 0 Å². The average molecular weight is 328 g/mol. The molecule has 0 saturated carbocycles. The maximum Gasteiger partial charge on any atom is 0.355 e. The lowest BCUT2D eigenvalue weighted by Gasteiger charge is -2.08. The predicted molar refractivity (Wildman–Crippen MR) is 94.4 cm³/mol. The first-order valence-electron chi connectivity index (χ1n) is 8.14. The molecule has 2 N–H and O–H groups in total. The molecule has 2 aromatic rings. The van der Waals surface area contributed by atoms with Crippen LogP contribution < -0.4 is 5.32 Å². The van der Waals surface area contributed by atoms with Crippen LogP contribution in [0.3, 0.4) is 0 Å². The van der Waals surface area contributed by atoms with Crippen LogP contribution in [0.15, 0.2) is 24.3 Å². The molecule has 1 amide bonds. The number of aromatic nitrogens is 1. The van der Waals surface area contributed by atoms with Crippen molar-refractivity contribution in [1.29, 1.82) is 0 Å². The zero-order valence-corrected chi connectivity index (χ0v) is 14.7. The van der Waals surface area contributed by atoms with E-state index in [0.717, 1.165) is 28.1 Å². The molecule has 0 radical (unpaired) electrons. The molecule has 128 valence electrons. The summed E-state index contributed by atoms with van der Waals surface area (Å²) in [5.41, 5.74) is 5.09. The number of H-pyrrole nitrogens is 1. The number of ether oxygens (including phenoxy) is 1. The third-order valence-electron chi connectivity index (χ3n) is 4.09. The molecule has 0 aliphatic heterocycles. The zero-order chi connectivity index (χ0) is 17.7. The number of aromatic amines is 1. The lowest BCUT2D eigenvalue weighted by molar-refractivity contribution is -0.116. The number of benzene rings is 1. The third kappa shape index (κ3) is 4.04. The molecule has 0 bridgehead atoms. The molecule has 1 aromatic heterocycles.